The summed E-state index contributed by atoms with van der Waals surface area (Å²) in [6, 6.07) is 0. The number of ether oxygens (including phenoxy) is 1. The van der Waals surface area contributed by atoms with Crippen LogP contribution in [0.25, 0.3) is 0 Å². The van der Waals surface area contributed by atoms with Gasteiger partial charge in [-0.15, -0.1) is 0 Å². The van der Waals surface area contributed by atoms with Gasteiger partial charge in [0.15, 0.2) is 6.29 Å². The Bertz CT molecular complexity index is 292. The molecule has 1 aliphatic rings. The van der Waals surface area contributed by atoms with Gasteiger partial charge in [-0.2, -0.15) is 0 Å². The Morgan fingerprint density at radius 2 is 1.25 bits per heavy atom. The summed E-state index contributed by atoms with van der Waals surface area (Å²) in [5, 5.41) is 62.0. The maximum atomic E-state index is 9.34. The molecule has 1 heterocycles. The van der Waals surface area contributed by atoms with Gasteiger partial charge in [-0.1, -0.05) is 0 Å². The Morgan fingerprint density at radius 3 is 1.46 bits per heavy atom. The molecule has 0 aromatic carbocycles. The molecule has 0 bridgehead atoms. The van der Waals surface area contributed by atoms with Gasteiger partial charge >= 0.3 is 148 Å². The summed E-state index contributed by atoms with van der Waals surface area (Å²) in [4.78, 5) is 9.34. The molecule has 1 fully saturated rings. The molecule has 1 saturated heterocycles. The summed E-state index contributed by atoms with van der Waals surface area (Å²) in [5.74, 6) is -1.44. The van der Waals surface area contributed by atoms with E-state index in [4.69, 9.17) is 30.6 Å². The van der Waals surface area contributed by atoms with E-state index >= 15 is 0 Å². The molecular formula is C9H21CaCl4KNa2O11. The zero-order valence-corrected chi connectivity index (χ0v) is 28.2. The Hall–Kier alpha value is 5.17. The first-order valence-corrected chi connectivity index (χ1v) is 5.09. The molecule has 6 atom stereocenters. The van der Waals surface area contributed by atoms with E-state index in [-0.39, 0.29) is 209 Å². The van der Waals surface area contributed by atoms with Crippen LogP contribution in [0.1, 0.15) is 6.92 Å². The fourth-order valence-corrected chi connectivity index (χ4v) is 1.08. The number of carboxylic acids is 1. The molecular weight excluding hydrogens is 551 g/mol. The summed E-state index contributed by atoms with van der Waals surface area (Å²) >= 11 is 0. The van der Waals surface area contributed by atoms with Gasteiger partial charge in [-0.3, -0.25) is 0 Å². The van der Waals surface area contributed by atoms with Crippen LogP contribution >= 0.6 is 0 Å². The van der Waals surface area contributed by atoms with Gasteiger partial charge in [0, 0.05) is 0 Å². The van der Waals surface area contributed by atoms with Gasteiger partial charge in [0.1, 0.15) is 24.4 Å². The van der Waals surface area contributed by atoms with Gasteiger partial charge in [0.05, 0.1) is 18.7 Å². The summed E-state index contributed by atoms with van der Waals surface area (Å²) < 4.78 is 4.58. The first kappa shape index (κ1) is 69.8. The van der Waals surface area contributed by atoms with Crippen LogP contribution in [0.5, 0.6) is 0 Å². The molecule has 28 heavy (non-hydrogen) atoms. The average molecular weight is 572 g/mol. The van der Waals surface area contributed by atoms with Crippen molar-refractivity contribution in [3.63, 3.8) is 0 Å². The molecule has 0 saturated carbocycles. The Morgan fingerprint density at radius 1 is 0.964 bits per heavy atom. The third kappa shape index (κ3) is 29.2. The smallest absolute Gasteiger partial charge is 1.00 e. The number of carbonyl (C=O) groups excluding carboxylic acids is 1. The monoisotopic (exact) mass is 570 g/mol. The van der Waals surface area contributed by atoms with E-state index in [1.807, 2.05) is 0 Å². The second kappa shape index (κ2) is 39.4. The topological polar surface area (TPSA) is 234 Å². The maximum absolute atomic E-state index is 9.34. The number of aliphatic carboxylic acids is 1. The molecule has 10 N–H and O–H groups in total. The third-order valence-electron chi connectivity index (χ3n) is 2.21. The maximum Gasteiger partial charge on any atom is 2.00 e. The zero-order valence-electron chi connectivity index (χ0n) is 15.8. The Balaban J connectivity index is -0.0000000185. The van der Waals surface area contributed by atoms with Crippen molar-refractivity contribution in [3.05, 3.63) is 0 Å². The Kier molecular flexibility index (Phi) is 98.2. The van der Waals surface area contributed by atoms with Crippen molar-refractivity contribution in [3.8, 4) is 0 Å². The van der Waals surface area contributed by atoms with E-state index in [2.05, 4.69) is 4.74 Å². The summed E-state index contributed by atoms with van der Waals surface area (Å²) in [6.07, 6.45) is -8.38. The number of carboxylic acid groups (broad SMARTS) is 1. The molecule has 6 unspecified atom stereocenters. The van der Waals surface area contributed by atoms with Crippen molar-refractivity contribution in [2.24, 2.45) is 0 Å². The molecule has 156 valence electrons. The molecule has 0 radical (unpaired) electrons. The second-order valence-electron chi connectivity index (χ2n) is 3.71. The SMILES string of the molecule is CC(O)C(=O)[O-].O.O.OCC1OC(O)C(O)C(O)C1O.[Ca+2].[Cl-].[Cl-].[Cl-].[Cl-].[K+].[Na+].[Na+]. The van der Waals surface area contributed by atoms with Crippen molar-refractivity contribution in [2.75, 3.05) is 6.61 Å². The van der Waals surface area contributed by atoms with Gasteiger partial charge in [0.2, 0.25) is 0 Å². The minimum atomic E-state index is -1.57. The fraction of sp³-hybridized carbons (Fsp3) is 0.889. The normalized spacial score (nSPS) is 24.0. The van der Waals surface area contributed by atoms with Crippen LogP contribution in [0.15, 0.2) is 0 Å². The summed E-state index contributed by atoms with van der Waals surface area (Å²) in [6.45, 7) is 0.608. The first-order chi connectivity index (χ1) is 8.22. The summed E-state index contributed by atoms with van der Waals surface area (Å²) in [5.41, 5.74) is 0. The quantitative estimate of drug-likeness (QED) is 0.172. The van der Waals surface area contributed by atoms with Gasteiger partial charge in [-0.25, -0.2) is 0 Å². The number of hydrogen-bond donors (Lipinski definition) is 6. The molecule has 0 spiro atoms. The Labute approximate surface area is 304 Å². The van der Waals surface area contributed by atoms with E-state index in [0.717, 1.165) is 6.92 Å². The molecule has 0 aromatic rings. The second-order valence-corrected chi connectivity index (χ2v) is 3.71. The minimum absolute atomic E-state index is 0. The van der Waals surface area contributed by atoms with Crippen LogP contribution in [-0.4, -0.2) is 129 Å². The predicted octanol–water partition coefficient (Wildman–Crippen LogP) is -28.1. The minimum Gasteiger partial charge on any atom is -1.00 e. The van der Waals surface area contributed by atoms with Crippen LogP contribution in [0, 0.1) is 0 Å². The van der Waals surface area contributed by atoms with Crippen molar-refractivity contribution in [1.29, 1.82) is 0 Å². The molecule has 1 aliphatic heterocycles. The molecule has 1 rings (SSSR count). The van der Waals surface area contributed by atoms with Gasteiger partial charge in [-0.05, 0) is 6.92 Å². The van der Waals surface area contributed by atoms with Crippen LogP contribution in [-0.2, 0) is 9.53 Å². The molecule has 11 nitrogen and oxygen atoms in total. The zero-order chi connectivity index (χ0) is 14.5. The van der Waals surface area contributed by atoms with Crippen molar-refractivity contribution in [1.82, 2.24) is 0 Å². The van der Waals surface area contributed by atoms with E-state index in [9.17, 15) is 9.90 Å². The number of rotatable bonds is 2. The van der Waals surface area contributed by atoms with Crippen molar-refractivity contribution >= 4 is 43.7 Å². The first-order valence-electron chi connectivity index (χ1n) is 5.09. The van der Waals surface area contributed by atoms with Gasteiger partial charge < -0.3 is 106 Å². The largest absolute Gasteiger partial charge is 2.00 e. The van der Waals surface area contributed by atoms with E-state index in [0.29, 0.717) is 0 Å². The number of aliphatic hydroxyl groups excluding tert-OH is 6. The van der Waals surface area contributed by atoms with E-state index in [1.165, 1.54) is 0 Å². The summed E-state index contributed by atoms with van der Waals surface area (Å²) in [7, 11) is 0. The molecule has 0 aromatic heterocycles. The molecule has 0 amide bonds. The van der Waals surface area contributed by atoms with Crippen LogP contribution in [0.4, 0.5) is 0 Å². The van der Waals surface area contributed by atoms with Crippen molar-refractivity contribution in [2.45, 2.75) is 43.7 Å². The average Bonchev–Trinajstić information content (AvgIpc) is 2.31. The van der Waals surface area contributed by atoms with E-state index in [1.54, 1.807) is 0 Å². The third-order valence-corrected chi connectivity index (χ3v) is 2.21. The number of hydrogen-bond acceptors (Lipinski definition) is 9. The standard InChI is InChI=1S/C6H12O6.C3H6O3.Ca.4ClH.K.2Na.2H2O/c7-1-2-3(8)4(9)5(10)6(11)12-2;1-2(4)3(5)6;;;;;;;;;;/h2-11H,1H2;2,4H,1H3,(H,5,6);;4*1H;;;;2*1H2/q;;+2;;;;;3*+1;;/p-5. The van der Waals surface area contributed by atoms with Gasteiger partial charge in [0.25, 0.3) is 0 Å². The van der Waals surface area contributed by atoms with Crippen molar-refractivity contribution < 1.29 is 216 Å². The van der Waals surface area contributed by atoms with Crippen LogP contribution < -0.4 is 165 Å². The number of aliphatic hydroxyl groups is 6. The van der Waals surface area contributed by atoms with Crippen LogP contribution in [0.2, 0.25) is 0 Å². The van der Waals surface area contributed by atoms with Crippen LogP contribution in [0.3, 0.4) is 0 Å². The molecule has 0 aliphatic carbocycles. The van der Waals surface area contributed by atoms with E-state index < -0.39 is 49.4 Å². The number of carbonyl (C=O) groups is 1. The number of halogens is 4. The predicted molar refractivity (Wildman–Crippen MR) is 65.7 cm³/mol. The fourth-order valence-electron chi connectivity index (χ4n) is 1.08. The molecule has 19 heteroatoms.